The Hall–Kier alpha value is -1.72. The first-order chi connectivity index (χ1) is 12.1. The number of aryl methyl sites for hydroxylation is 1. The van der Waals surface area contributed by atoms with Gasteiger partial charge in [-0.1, -0.05) is 30.3 Å². The summed E-state index contributed by atoms with van der Waals surface area (Å²) in [6.45, 7) is 5.16. The second-order valence-electron chi connectivity index (χ2n) is 6.87. The fourth-order valence-electron chi connectivity index (χ4n) is 3.45. The molecule has 2 aromatic rings. The molecule has 2 heterocycles. The van der Waals surface area contributed by atoms with E-state index < -0.39 is 0 Å². The van der Waals surface area contributed by atoms with Crippen molar-refractivity contribution in [2.75, 3.05) is 26.7 Å². The Morgan fingerprint density at radius 1 is 1.36 bits per heavy atom. The molecule has 3 rings (SSSR count). The van der Waals surface area contributed by atoms with Crippen molar-refractivity contribution >= 4 is 17.2 Å². The molecule has 1 aromatic heterocycles. The number of hydrogen-bond acceptors (Lipinski definition) is 4. The van der Waals surface area contributed by atoms with Crippen molar-refractivity contribution in [3.05, 3.63) is 52.0 Å². The number of hydrogen-bond donors (Lipinski definition) is 0. The minimum Gasteiger partial charge on any atom is -0.341 e. The summed E-state index contributed by atoms with van der Waals surface area (Å²) in [4.78, 5) is 21.4. The van der Waals surface area contributed by atoms with Crippen LogP contribution in [0.4, 0.5) is 0 Å². The Morgan fingerprint density at radius 2 is 2.16 bits per heavy atom. The number of amides is 1. The molecule has 0 radical (unpaired) electrons. The van der Waals surface area contributed by atoms with Crippen molar-refractivity contribution < 1.29 is 4.79 Å². The van der Waals surface area contributed by atoms with E-state index in [1.165, 1.54) is 5.56 Å². The number of likely N-dealkylation sites (tertiary alicyclic amines) is 1. The molecular weight excluding hydrogens is 330 g/mol. The van der Waals surface area contributed by atoms with Crippen LogP contribution in [0.5, 0.6) is 0 Å². The smallest absolute Gasteiger partial charge is 0.228 e. The van der Waals surface area contributed by atoms with E-state index in [0.29, 0.717) is 12.5 Å². The van der Waals surface area contributed by atoms with Crippen LogP contribution in [-0.4, -0.2) is 53.4 Å². The second-order valence-corrected chi connectivity index (χ2v) is 7.93. The molecule has 134 valence electrons. The van der Waals surface area contributed by atoms with Crippen molar-refractivity contribution in [3.63, 3.8) is 0 Å². The van der Waals surface area contributed by atoms with Gasteiger partial charge in [0, 0.05) is 31.6 Å². The van der Waals surface area contributed by atoms with E-state index in [2.05, 4.69) is 40.2 Å². The van der Waals surface area contributed by atoms with Crippen LogP contribution in [0.1, 0.15) is 29.1 Å². The zero-order valence-corrected chi connectivity index (χ0v) is 16.0. The predicted molar refractivity (Wildman–Crippen MR) is 103 cm³/mol. The minimum absolute atomic E-state index is 0.181. The van der Waals surface area contributed by atoms with Crippen LogP contribution in [0.25, 0.3) is 0 Å². The highest BCUT2D eigenvalue weighted by molar-refractivity contribution is 7.09. The molecule has 25 heavy (non-hydrogen) atoms. The maximum Gasteiger partial charge on any atom is 0.228 e. The van der Waals surface area contributed by atoms with Crippen LogP contribution < -0.4 is 0 Å². The van der Waals surface area contributed by atoms with Crippen molar-refractivity contribution in [1.29, 1.82) is 0 Å². The number of carbonyl (C=O) groups is 1. The minimum atomic E-state index is 0.181. The molecule has 0 spiro atoms. The first-order valence-corrected chi connectivity index (χ1v) is 9.93. The van der Waals surface area contributed by atoms with E-state index in [1.807, 2.05) is 24.3 Å². The molecule has 4 nitrogen and oxygen atoms in total. The molecule has 1 aliphatic heterocycles. The summed E-state index contributed by atoms with van der Waals surface area (Å²) in [6, 6.07) is 10.9. The van der Waals surface area contributed by atoms with E-state index in [0.717, 1.165) is 49.6 Å². The highest BCUT2D eigenvalue weighted by Crippen LogP contribution is 2.17. The van der Waals surface area contributed by atoms with Crippen LogP contribution in [0, 0.1) is 6.92 Å². The lowest BCUT2D eigenvalue weighted by Gasteiger charge is -2.37. The molecule has 1 atom stereocenters. The Kier molecular flexibility index (Phi) is 6.21. The fourth-order valence-corrected chi connectivity index (χ4v) is 4.07. The van der Waals surface area contributed by atoms with E-state index in [4.69, 9.17) is 0 Å². The van der Waals surface area contributed by atoms with Gasteiger partial charge >= 0.3 is 0 Å². The molecule has 1 amide bonds. The Labute approximate surface area is 154 Å². The number of rotatable bonds is 6. The molecule has 1 aliphatic rings. The van der Waals surface area contributed by atoms with E-state index >= 15 is 0 Å². The summed E-state index contributed by atoms with van der Waals surface area (Å²) in [5.74, 6) is 0.181. The molecule has 0 unspecified atom stereocenters. The van der Waals surface area contributed by atoms with Crippen LogP contribution in [-0.2, 0) is 17.6 Å². The third-order valence-electron chi connectivity index (χ3n) is 4.98. The summed E-state index contributed by atoms with van der Waals surface area (Å²) in [7, 11) is 1.95. The van der Waals surface area contributed by atoms with Gasteiger partial charge in [0.2, 0.25) is 5.91 Å². The third-order valence-corrected chi connectivity index (χ3v) is 5.80. The number of carbonyl (C=O) groups excluding carboxylic acids is 1. The predicted octanol–water partition coefficient (Wildman–Crippen LogP) is 3.16. The Bertz CT molecular complexity index is 685. The van der Waals surface area contributed by atoms with Gasteiger partial charge in [-0.15, -0.1) is 11.3 Å². The average Bonchev–Trinajstić information content (AvgIpc) is 3.05. The lowest BCUT2D eigenvalue weighted by atomic mass is 10.0. The highest BCUT2D eigenvalue weighted by Gasteiger charge is 2.26. The lowest BCUT2D eigenvalue weighted by Crippen LogP contribution is -2.49. The molecular formula is C20H27N3OS. The Morgan fingerprint density at radius 3 is 2.88 bits per heavy atom. The number of piperidine rings is 1. The maximum atomic E-state index is 12.6. The number of likely N-dealkylation sites (N-methyl/N-ethyl adjacent to an activating group) is 1. The molecule has 0 aliphatic carbocycles. The van der Waals surface area contributed by atoms with Gasteiger partial charge in [0.15, 0.2) is 0 Å². The molecule has 0 bridgehead atoms. The highest BCUT2D eigenvalue weighted by atomic mass is 32.1. The van der Waals surface area contributed by atoms with Crippen LogP contribution in [0.2, 0.25) is 0 Å². The quantitative estimate of drug-likeness (QED) is 0.797. The van der Waals surface area contributed by atoms with Gasteiger partial charge in [0.25, 0.3) is 0 Å². The standard InChI is InChI=1S/C20H27N3OS/c1-16-21-18(15-25-16)13-20(24)22(2)19-9-6-11-23(14-19)12-10-17-7-4-3-5-8-17/h3-5,7-8,15,19H,6,9-14H2,1-2H3/t19-/m0/s1. The van der Waals surface area contributed by atoms with Gasteiger partial charge in [0.05, 0.1) is 17.1 Å². The molecule has 0 N–H and O–H groups in total. The fraction of sp³-hybridized carbons (Fsp3) is 0.500. The summed E-state index contributed by atoms with van der Waals surface area (Å²) >= 11 is 1.61. The summed E-state index contributed by atoms with van der Waals surface area (Å²) in [6.07, 6.45) is 3.75. The van der Waals surface area contributed by atoms with Crippen molar-refractivity contribution in [3.8, 4) is 0 Å². The van der Waals surface area contributed by atoms with Gasteiger partial charge in [-0.05, 0) is 38.3 Å². The van der Waals surface area contributed by atoms with Crippen LogP contribution in [0.3, 0.4) is 0 Å². The molecule has 1 saturated heterocycles. The second kappa shape index (κ2) is 8.59. The van der Waals surface area contributed by atoms with E-state index in [-0.39, 0.29) is 5.91 Å². The molecule has 1 aromatic carbocycles. The normalized spacial score (nSPS) is 18.2. The number of thiazole rings is 1. The monoisotopic (exact) mass is 357 g/mol. The van der Waals surface area contributed by atoms with Gasteiger partial charge in [-0.3, -0.25) is 4.79 Å². The van der Waals surface area contributed by atoms with E-state index in [9.17, 15) is 4.79 Å². The van der Waals surface area contributed by atoms with Gasteiger partial charge in [0.1, 0.15) is 0 Å². The maximum absolute atomic E-state index is 12.6. The van der Waals surface area contributed by atoms with Gasteiger partial charge < -0.3 is 9.80 Å². The number of aromatic nitrogens is 1. The number of benzene rings is 1. The van der Waals surface area contributed by atoms with Crippen molar-refractivity contribution in [1.82, 2.24) is 14.8 Å². The third kappa shape index (κ3) is 5.13. The summed E-state index contributed by atoms with van der Waals surface area (Å²) in [5, 5.41) is 3.02. The SMILES string of the molecule is Cc1nc(CC(=O)N(C)[C@H]2CCCN(CCc3ccccc3)C2)cs1. The lowest BCUT2D eigenvalue weighted by molar-refractivity contribution is -0.132. The summed E-state index contributed by atoms with van der Waals surface area (Å²) < 4.78 is 0. The van der Waals surface area contributed by atoms with E-state index in [1.54, 1.807) is 11.3 Å². The molecule has 0 saturated carbocycles. The average molecular weight is 358 g/mol. The first-order valence-electron chi connectivity index (χ1n) is 9.05. The number of nitrogens with zero attached hydrogens (tertiary/aromatic N) is 3. The van der Waals surface area contributed by atoms with Gasteiger partial charge in [-0.25, -0.2) is 4.98 Å². The largest absolute Gasteiger partial charge is 0.341 e. The van der Waals surface area contributed by atoms with Gasteiger partial charge in [-0.2, -0.15) is 0 Å². The first kappa shape index (κ1) is 18.1. The molecule has 1 fully saturated rings. The van der Waals surface area contributed by atoms with Crippen molar-refractivity contribution in [2.45, 2.75) is 38.6 Å². The zero-order valence-electron chi connectivity index (χ0n) is 15.1. The zero-order chi connectivity index (χ0) is 17.6. The van der Waals surface area contributed by atoms with Crippen LogP contribution >= 0.6 is 11.3 Å². The summed E-state index contributed by atoms with van der Waals surface area (Å²) in [5.41, 5.74) is 2.28. The Balaban J connectivity index is 1.50. The molecule has 5 heteroatoms. The topological polar surface area (TPSA) is 36.4 Å². The van der Waals surface area contributed by atoms with Crippen LogP contribution in [0.15, 0.2) is 35.7 Å². The van der Waals surface area contributed by atoms with Crippen molar-refractivity contribution in [2.24, 2.45) is 0 Å².